The number of carbonyl (C=O) groups excluding carboxylic acids is 1. The van der Waals surface area contributed by atoms with E-state index in [1.165, 1.54) is 4.90 Å². The highest BCUT2D eigenvalue weighted by molar-refractivity contribution is 5.87. The molecule has 2 atom stereocenters. The Morgan fingerprint density at radius 2 is 2.22 bits per heavy atom. The molecule has 18 heavy (non-hydrogen) atoms. The summed E-state index contributed by atoms with van der Waals surface area (Å²) in [6.45, 7) is 0. The smallest absolute Gasteiger partial charge is 0.309 e. The third kappa shape index (κ3) is 2.03. The number of nitrogens with zero attached hydrogens (tertiary/aromatic N) is 1. The maximum absolute atomic E-state index is 11.7. The van der Waals surface area contributed by atoms with Gasteiger partial charge in [0.15, 0.2) is 0 Å². The minimum Gasteiger partial charge on any atom is -0.497 e. The van der Waals surface area contributed by atoms with Gasteiger partial charge < -0.3 is 14.7 Å². The lowest BCUT2D eigenvalue weighted by Crippen LogP contribution is -2.26. The Bertz CT molecular complexity index is 486. The number of carbonyl (C=O) groups is 2. The van der Waals surface area contributed by atoms with Crippen molar-refractivity contribution in [2.75, 3.05) is 14.2 Å². The lowest BCUT2D eigenvalue weighted by molar-refractivity contribution is -0.142. The average Bonchev–Trinajstić information content (AvgIpc) is 2.66. The number of benzene rings is 1. The van der Waals surface area contributed by atoms with Gasteiger partial charge in [-0.15, -0.1) is 0 Å². The Morgan fingerprint density at radius 3 is 2.83 bits per heavy atom. The molecule has 0 aromatic heterocycles. The number of amides is 1. The second kappa shape index (κ2) is 4.68. The number of methoxy groups -OCH3 is 1. The highest BCUT2D eigenvalue weighted by Gasteiger charge is 2.42. The first kappa shape index (κ1) is 12.4. The van der Waals surface area contributed by atoms with E-state index < -0.39 is 17.9 Å². The summed E-state index contributed by atoms with van der Waals surface area (Å²) in [6, 6.07) is 6.75. The molecule has 1 N–H and O–H groups in total. The third-order valence-electron chi connectivity index (χ3n) is 3.34. The van der Waals surface area contributed by atoms with Crippen molar-refractivity contribution in [3.05, 3.63) is 29.8 Å². The van der Waals surface area contributed by atoms with Gasteiger partial charge in [-0.1, -0.05) is 12.1 Å². The number of carboxylic acid groups (broad SMARTS) is 1. The number of hydrogen-bond acceptors (Lipinski definition) is 3. The number of hydrogen-bond donors (Lipinski definition) is 1. The molecule has 96 valence electrons. The van der Waals surface area contributed by atoms with E-state index in [1.807, 2.05) is 6.07 Å². The van der Waals surface area contributed by atoms with Crippen molar-refractivity contribution in [1.29, 1.82) is 0 Å². The van der Waals surface area contributed by atoms with Gasteiger partial charge in [0.1, 0.15) is 5.75 Å². The predicted molar refractivity (Wildman–Crippen MR) is 64.2 cm³/mol. The van der Waals surface area contributed by atoms with E-state index in [-0.39, 0.29) is 12.3 Å². The van der Waals surface area contributed by atoms with Gasteiger partial charge in [-0.05, 0) is 17.7 Å². The van der Waals surface area contributed by atoms with Gasteiger partial charge in [0.05, 0.1) is 19.1 Å². The zero-order valence-corrected chi connectivity index (χ0v) is 10.3. The fourth-order valence-corrected chi connectivity index (χ4v) is 2.37. The van der Waals surface area contributed by atoms with Crippen LogP contribution < -0.4 is 4.74 Å². The van der Waals surface area contributed by atoms with E-state index in [9.17, 15) is 14.7 Å². The topological polar surface area (TPSA) is 66.8 Å². The maximum Gasteiger partial charge on any atom is 0.309 e. The van der Waals surface area contributed by atoms with E-state index in [0.717, 1.165) is 5.56 Å². The predicted octanol–water partition coefficient (Wildman–Crippen LogP) is 1.30. The van der Waals surface area contributed by atoms with Crippen LogP contribution in [0.2, 0.25) is 0 Å². The number of aliphatic carboxylic acids is 1. The van der Waals surface area contributed by atoms with Crippen LogP contribution in [0.5, 0.6) is 5.75 Å². The van der Waals surface area contributed by atoms with Crippen molar-refractivity contribution in [2.24, 2.45) is 5.92 Å². The summed E-state index contributed by atoms with van der Waals surface area (Å²) < 4.78 is 5.12. The van der Waals surface area contributed by atoms with Gasteiger partial charge in [-0.2, -0.15) is 0 Å². The van der Waals surface area contributed by atoms with Crippen LogP contribution in [0.4, 0.5) is 0 Å². The molecule has 2 unspecified atom stereocenters. The van der Waals surface area contributed by atoms with Crippen molar-refractivity contribution < 1.29 is 19.4 Å². The van der Waals surface area contributed by atoms with Gasteiger partial charge in [0.25, 0.3) is 0 Å². The van der Waals surface area contributed by atoms with Crippen LogP contribution in [-0.4, -0.2) is 36.0 Å². The highest BCUT2D eigenvalue weighted by atomic mass is 16.5. The van der Waals surface area contributed by atoms with E-state index in [2.05, 4.69) is 0 Å². The number of likely N-dealkylation sites (tertiary alicyclic amines) is 1. The van der Waals surface area contributed by atoms with Crippen LogP contribution in [-0.2, 0) is 9.59 Å². The van der Waals surface area contributed by atoms with Crippen LogP contribution in [0, 0.1) is 5.92 Å². The van der Waals surface area contributed by atoms with Crippen LogP contribution in [0.25, 0.3) is 0 Å². The van der Waals surface area contributed by atoms with Crippen molar-refractivity contribution in [3.63, 3.8) is 0 Å². The first-order valence-electron chi connectivity index (χ1n) is 5.67. The largest absolute Gasteiger partial charge is 0.497 e. The molecule has 0 radical (unpaired) electrons. The molecule has 1 saturated heterocycles. The molecule has 5 heteroatoms. The molecule has 1 aromatic rings. The monoisotopic (exact) mass is 249 g/mol. The molecule has 1 aromatic carbocycles. The van der Waals surface area contributed by atoms with Crippen LogP contribution in [0.3, 0.4) is 0 Å². The van der Waals surface area contributed by atoms with Gasteiger partial charge in [-0.3, -0.25) is 9.59 Å². The Kier molecular flexibility index (Phi) is 3.23. The maximum atomic E-state index is 11.7. The molecule has 2 rings (SSSR count). The van der Waals surface area contributed by atoms with Gasteiger partial charge >= 0.3 is 5.97 Å². The van der Waals surface area contributed by atoms with Crippen molar-refractivity contribution in [1.82, 2.24) is 4.90 Å². The molecule has 1 amide bonds. The summed E-state index contributed by atoms with van der Waals surface area (Å²) >= 11 is 0. The molecule has 1 fully saturated rings. The molecular formula is C13H15NO4. The van der Waals surface area contributed by atoms with E-state index in [0.29, 0.717) is 5.75 Å². The van der Waals surface area contributed by atoms with Crippen LogP contribution in [0.1, 0.15) is 18.0 Å². The summed E-state index contributed by atoms with van der Waals surface area (Å²) in [5.41, 5.74) is 0.787. The third-order valence-corrected chi connectivity index (χ3v) is 3.34. The quantitative estimate of drug-likeness (QED) is 0.876. The Hall–Kier alpha value is -2.04. The summed E-state index contributed by atoms with van der Waals surface area (Å²) in [5, 5.41) is 9.20. The van der Waals surface area contributed by atoms with Gasteiger partial charge in [0, 0.05) is 13.5 Å². The first-order valence-corrected chi connectivity index (χ1v) is 5.67. The minimum absolute atomic E-state index is 0.0493. The van der Waals surface area contributed by atoms with Crippen molar-refractivity contribution in [2.45, 2.75) is 12.5 Å². The van der Waals surface area contributed by atoms with E-state index >= 15 is 0 Å². The molecular weight excluding hydrogens is 234 g/mol. The van der Waals surface area contributed by atoms with Crippen molar-refractivity contribution in [3.8, 4) is 5.75 Å². The zero-order valence-electron chi connectivity index (χ0n) is 10.3. The standard InChI is InChI=1S/C13H15NO4/c1-14-11(15)7-10(13(16)17)12(14)8-4-3-5-9(6-8)18-2/h3-6,10,12H,7H2,1-2H3,(H,16,17). The summed E-state index contributed by atoms with van der Waals surface area (Å²) in [7, 11) is 3.19. The molecule has 0 aliphatic carbocycles. The zero-order chi connectivity index (χ0) is 13.3. The van der Waals surface area contributed by atoms with Gasteiger partial charge in [0.2, 0.25) is 5.91 Å². The fourth-order valence-electron chi connectivity index (χ4n) is 2.37. The van der Waals surface area contributed by atoms with Crippen molar-refractivity contribution >= 4 is 11.9 Å². The Morgan fingerprint density at radius 1 is 1.50 bits per heavy atom. The molecule has 5 nitrogen and oxygen atoms in total. The molecule has 1 heterocycles. The highest BCUT2D eigenvalue weighted by Crippen LogP contribution is 2.37. The fraction of sp³-hybridized carbons (Fsp3) is 0.385. The molecule has 1 aliphatic heterocycles. The minimum atomic E-state index is -0.944. The molecule has 1 aliphatic rings. The first-order chi connectivity index (χ1) is 8.54. The lowest BCUT2D eigenvalue weighted by Gasteiger charge is -2.23. The van der Waals surface area contributed by atoms with Crippen LogP contribution in [0.15, 0.2) is 24.3 Å². The van der Waals surface area contributed by atoms with Gasteiger partial charge in [-0.25, -0.2) is 0 Å². The molecule has 0 bridgehead atoms. The van der Waals surface area contributed by atoms with E-state index in [1.54, 1.807) is 32.4 Å². The SMILES string of the molecule is COc1cccc(C2C(C(=O)O)CC(=O)N2C)c1. The molecule has 0 saturated carbocycles. The average molecular weight is 249 g/mol. The molecule has 0 spiro atoms. The van der Waals surface area contributed by atoms with E-state index in [4.69, 9.17) is 4.74 Å². The summed E-state index contributed by atoms with van der Waals surface area (Å²) in [6.07, 6.45) is 0.0493. The lowest BCUT2D eigenvalue weighted by atomic mass is 9.94. The second-order valence-corrected chi connectivity index (χ2v) is 4.37. The summed E-state index contributed by atoms with van der Waals surface area (Å²) in [4.78, 5) is 24.4. The summed E-state index contributed by atoms with van der Waals surface area (Å²) in [5.74, 6) is -1.13. The number of ether oxygens (including phenoxy) is 1. The number of carboxylic acids is 1. The Balaban J connectivity index is 2.39. The normalized spacial score (nSPS) is 23.2. The second-order valence-electron chi connectivity index (χ2n) is 4.37. The number of rotatable bonds is 3. The van der Waals surface area contributed by atoms with Crippen LogP contribution >= 0.6 is 0 Å². The Labute approximate surface area is 105 Å².